The Morgan fingerprint density at radius 3 is 2.71 bits per heavy atom. The SMILES string of the molecule is O=C(Nc1nncs1)c1ccc(NCC(O)c2ccc3ccccc3c2)nc1. The predicted octanol–water partition coefficient (Wildman–Crippen LogP) is 3.48. The summed E-state index contributed by atoms with van der Waals surface area (Å²) in [6, 6.07) is 17.3. The predicted molar refractivity (Wildman–Crippen MR) is 109 cm³/mol. The van der Waals surface area contributed by atoms with Gasteiger partial charge in [0.25, 0.3) is 5.91 Å². The first-order valence-corrected chi connectivity index (χ1v) is 9.51. The van der Waals surface area contributed by atoms with Crippen molar-refractivity contribution in [3.05, 3.63) is 77.4 Å². The first-order valence-electron chi connectivity index (χ1n) is 8.63. The number of hydrogen-bond acceptors (Lipinski definition) is 7. The zero-order valence-electron chi connectivity index (χ0n) is 14.7. The number of amides is 1. The van der Waals surface area contributed by atoms with Crippen LogP contribution >= 0.6 is 11.3 Å². The van der Waals surface area contributed by atoms with Crippen LogP contribution in [0.2, 0.25) is 0 Å². The van der Waals surface area contributed by atoms with Gasteiger partial charge in [0.2, 0.25) is 5.13 Å². The number of anilines is 2. The molecule has 2 heterocycles. The largest absolute Gasteiger partial charge is 0.387 e. The number of hydrogen-bond donors (Lipinski definition) is 3. The second-order valence-electron chi connectivity index (χ2n) is 6.13. The first kappa shape index (κ1) is 18.0. The zero-order chi connectivity index (χ0) is 19.3. The maximum Gasteiger partial charge on any atom is 0.259 e. The van der Waals surface area contributed by atoms with Gasteiger partial charge in [0, 0.05) is 12.7 Å². The highest BCUT2D eigenvalue weighted by Gasteiger charge is 2.11. The Balaban J connectivity index is 1.36. The number of benzene rings is 2. The smallest absolute Gasteiger partial charge is 0.259 e. The topological polar surface area (TPSA) is 100 Å². The van der Waals surface area contributed by atoms with Crippen molar-refractivity contribution in [2.24, 2.45) is 0 Å². The van der Waals surface area contributed by atoms with E-state index in [1.54, 1.807) is 17.6 Å². The molecule has 28 heavy (non-hydrogen) atoms. The summed E-state index contributed by atoms with van der Waals surface area (Å²) in [6.07, 6.45) is 0.799. The van der Waals surface area contributed by atoms with Crippen LogP contribution in [-0.4, -0.2) is 32.7 Å². The van der Waals surface area contributed by atoms with E-state index in [1.165, 1.54) is 17.5 Å². The molecule has 2 aromatic heterocycles. The summed E-state index contributed by atoms with van der Waals surface area (Å²) >= 11 is 1.24. The van der Waals surface area contributed by atoms with Gasteiger partial charge < -0.3 is 10.4 Å². The molecule has 1 unspecified atom stereocenters. The number of aliphatic hydroxyl groups is 1. The molecule has 4 aromatic rings. The summed E-state index contributed by atoms with van der Waals surface area (Å²) in [5.41, 5.74) is 2.79. The molecule has 140 valence electrons. The number of carbonyl (C=O) groups is 1. The summed E-state index contributed by atoms with van der Waals surface area (Å²) in [4.78, 5) is 16.3. The van der Waals surface area contributed by atoms with Gasteiger partial charge in [-0.1, -0.05) is 47.7 Å². The third-order valence-corrected chi connectivity index (χ3v) is 4.85. The van der Waals surface area contributed by atoms with E-state index in [0.29, 0.717) is 23.1 Å². The molecule has 7 nitrogen and oxygen atoms in total. The first-order chi connectivity index (χ1) is 13.7. The highest BCUT2D eigenvalue weighted by Crippen LogP contribution is 2.21. The van der Waals surface area contributed by atoms with Crippen molar-refractivity contribution in [1.29, 1.82) is 0 Å². The Morgan fingerprint density at radius 2 is 1.96 bits per heavy atom. The van der Waals surface area contributed by atoms with Crippen LogP contribution in [0.15, 0.2) is 66.3 Å². The molecular formula is C20H17N5O2S. The van der Waals surface area contributed by atoms with Gasteiger partial charge in [-0.25, -0.2) is 4.98 Å². The van der Waals surface area contributed by atoms with Crippen LogP contribution in [0.3, 0.4) is 0 Å². The molecule has 2 aromatic carbocycles. The van der Waals surface area contributed by atoms with Crippen molar-refractivity contribution in [3.63, 3.8) is 0 Å². The Hall–Kier alpha value is -3.36. The number of aromatic nitrogens is 3. The third-order valence-electron chi connectivity index (χ3n) is 4.24. The zero-order valence-corrected chi connectivity index (χ0v) is 15.6. The fraction of sp³-hybridized carbons (Fsp3) is 0.100. The number of fused-ring (bicyclic) bond motifs is 1. The van der Waals surface area contributed by atoms with Gasteiger partial charge in [-0.2, -0.15) is 0 Å². The number of nitrogens with one attached hydrogen (secondary N) is 2. The molecule has 0 saturated heterocycles. The lowest BCUT2D eigenvalue weighted by Crippen LogP contribution is -2.14. The van der Waals surface area contributed by atoms with Crippen LogP contribution in [0.4, 0.5) is 10.9 Å². The maximum atomic E-state index is 12.1. The summed E-state index contributed by atoms with van der Waals surface area (Å²) in [5.74, 6) is 0.277. The molecule has 0 fully saturated rings. The second kappa shape index (κ2) is 8.12. The number of carbonyl (C=O) groups excluding carboxylic acids is 1. The standard InChI is InChI=1S/C20H17N5O2S/c26-17(15-6-5-13-3-1-2-4-14(13)9-15)11-22-18-8-7-16(10-21-18)19(27)24-20-25-23-12-28-20/h1-10,12,17,26H,11H2,(H,21,22)(H,24,25,27). The third kappa shape index (κ3) is 4.13. The molecule has 4 rings (SSSR count). The minimum absolute atomic E-state index is 0.299. The summed E-state index contributed by atoms with van der Waals surface area (Å²) < 4.78 is 0. The van der Waals surface area contributed by atoms with Gasteiger partial charge >= 0.3 is 0 Å². The molecule has 0 radical (unpaired) electrons. The molecule has 1 amide bonds. The average Bonchev–Trinajstić information content (AvgIpc) is 3.25. The fourth-order valence-corrected chi connectivity index (χ4v) is 3.20. The van der Waals surface area contributed by atoms with Crippen LogP contribution in [0.25, 0.3) is 10.8 Å². The van der Waals surface area contributed by atoms with Crippen LogP contribution in [0, 0.1) is 0 Å². The molecule has 1 atom stereocenters. The lowest BCUT2D eigenvalue weighted by molar-refractivity contribution is 0.102. The van der Waals surface area contributed by atoms with Crippen LogP contribution in [0.1, 0.15) is 22.0 Å². The van der Waals surface area contributed by atoms with E-state index in [0.717, 1.165) is 16.3 Å². The molecule has 8 heteroatoms. The van der Waals surface area contributed by atoms with E-state index < -0.39 is 6.10 Å². The number of rotatable bonds is 6. The van der Waals surface area contributed by atoms with Gasteiger partial charge in [0.05, 0.1) is 11.7 Å². The molecule has 0 aliphatic carbocycles. The molecule has 0 bridgehead atoms. The average molecular weight is 391 g/mol. The van der Waals surface area contributed by atoms with Crippen LogP contribution in [0.5, 0.6) is 0 Å². The Kier molecular flexibility index (Phi) is 5.22. The van der Waals surface area contributed by atoms with Crippen LogP contribution in [-0.2, 0) is 0 Å². The Bertz CT molecular complexity index is 1080. The van der Waals surface area contributed by atoms with Crippen LogP contribution < -0.4 is 10.6 Å². The number of nitrogens with zero attached hydrogens (tertiary/aromatic N) is 3. The van der Waals surface area contributed by atoms with Gasteiger partial charge in [0.15, 0.2) is 0 Å². The van der Waals surface area contributed by atoms with Crippen molar-refractivity contribution in [2.75, 3.05) is 17.2 Å². The highest BCUT2D eigenvalue weighted by atomic mass is 32.1. The van der Waals surface area contributed by atoms with Crippen molar-refractivity contribution >= 4 is 39.0 Å². The molecule has 0 saturated carbocycles. The van der Waals surface area contributed by atoms with E-state index >= 15 is 0 Å². The van der Waals surface area contributed by atoms with Gasteiger partial charge in [-0.3, -0.25) is 10.1 Å². The lowest BCUT2D eigenvalue weighted by atomic mass is 10.0. The van der Waals surface area contributed by atoms with Gasteiger partial charge in [-0.15, -0.1) is 10.2 Å². The Morgan fingerprint density at radius 1 is 1.11 bits per heavy atom. The van der Waals surface area contributed by atoms with E-state index in [4.69, 9.17) is 0 Å². The normalized spacial score (nSPS) is 11.9. The summed E-state index contributed by atoms with van der Waals surface area (Å²) in [7, 11) is 0. The number of pyridine rings is 1. The monoisotopic (exact) mass is 391 g/mol. The van der Waals surface area contributed by atoms with Crippen molar-refractivity contribution in [2.45, 2.75) is 6.10 Å². The number of aliphatic hydroxyl groups excluding tert-OH is 1. The highest BCUT2D eigenvalue weighted by molar-refractivity contribution is 7.13. The molecule has 0 aliphatic heterocycles. The van der Waals surface area contributed by atoms with Crippen molar-refractivity contribution < 1.29 is 9.90 Å². The van der Waals surface area contributed by atoms with E-state index in [-0.39, 0.29) is 5.91 Å². The fourth-order valence-electron chi connectivity index (χ4n) is 2.76. The minimum atomic E-state index is -0.674. The molecular weight excluding hydrogens is 374 g/mol. The van der Waals surface area contributed by atoms with Gasteiger partial charge in [0.1, 0.15) is 11.3 Å². The molecule has 0 aliphatic rings. The summed E-state index contributed by atoms with van der Waals surface area (Å²) in [5, 5.41) is 26.3. The van der Waals surface area contributed by atoms with Crippen molar-refractivity contribution in [3.8, 4) is 0 Å². The summed E-state index contributed by atoms with van der Waals surface area (Å²) in [6.45, 7) is 0.307. The Labute approximate surface area is 165 Å². The lowest BCUT2D eigenvalue weighted by Gasteiger charge is -2.13. The maximum absolute atomic E-state index is 12.1. The van der Waals surface area contributed by atoms with E-state index in [2.05, 4.69) is 25.8 Å². The van der Waals surface area contributed by atoms with Crippen molar-refractivity contribution in [1.82, 2.24) is 15.2 Å². The molecule has 3 N–H and O–H groups in total. The van der Waals surface area contributed by atoms with E-state index in [9.17, 15) is 9.90 Å². The minimum Gasteiger partial charge on any atom is -0.387 e. The van der Waals surface area contributed by atoms with E-state index in [1.807, 2.05) is 42.5 Å². The molecule has 0 spiro atoms. The second-order valence-corrected chi connectivity index (χ2v) is 6.97. The quantitative estimate of drug-likeness (QED) is 0.465. The van der Waals surface area contributed by atoms with Gasteiger partial charge in [-0.05, 0) is 34.5 Å².